The smallest absolute Gasteiger partial charge is 0.0627 e. The van der Waals surface area contributed by atoms with Crippen molar-refractivity contribution in [3.63, 3.8) is 0 Å². The summed E-state index contributed by atoms with van der Waals surface area (Å²) >= 11 is 0. The Morgan fingerprint density at radius 3 is 2.89 bits per heavy atom. The number of aromatic nitrogens is 2. The number of hydrogen-bond acceptors (Lipinski definition) is 2. The Balaban J connectivity index is 1.58. The molecule has 1 saturated heterocycles. The maximum Gasteiger partial charge on any atom is 0.0627 e. The van der Waals surface area contributed by atoms with Crippen LogP contribution in [0.5, 0.6) is 0 Å². The van der Waals surface area contributed by atoms with E-state index in [1.807, 2.05) is 0 Å². The molecule has 0 aromatic carbocycles. The zero-order chi connectivity index (χ0) is 13.1. The topological polar surface area (TPSA) is 29.9 Å². The second kappa shape index (κ2) is 6.08. The first-order valence-corrected chi connectivity index (χ1v) is 8.06. The second-order valence-corrected chi connectivity index (χ2v) is 6.65. The van der Waals surface area contributed by atoms with Gasteiger partial charge in [0, 0.05) is 6.20 Å². The van der Waals surface area contributed by atoms with Gasteiger partial charge in [-0.05, 0) is 56.7 Å². The normalized spacial score (nSPS) is 29.5. The van der Waals surface area contributed by atoms with Crippen molar-refractivity contribution in [2.45, 2.75) is 57.9 Å². The van der Waals surface area contributed by atoms with E-state index in [-0.39, 0.29) is 0 Å². The molecular weight excluding hydrogens is 234 g/mol. The van der Waals surface area contributed by atoms with Crippen molar-refractivity contribution in [2.24, 2.45) is 11.8 Å². The fourth-order valence-corrected chi connectivity index (χ4v) is 3.76. The van der Waals surface area contributed by atoms with Crippen LogP contribution in [0.4, 0.5) is 0 Å². The summed E-state index contributed by atoms with van der Waals surface area (Å²) in [5, 5.41) is 8.38. The molecule has 0 radical (unpaired) electrons. The van der Waals surface area contributed by atoms with Crippen molar-refractivity contribution in [3.05, 3.63) is 18.0 Å². The lowest BCUT2D eigenvalue weighted by Gasteiger charge is -2.27. The van der Waals surface area contributed by atoms with E-state index < -0.39 is 0 Å². The Bertz CT molecular complexity index is 392. The number of hydrogen-bond donors (Lipinski definition) is 1. The van der Waals surface area contributed by atoms with E-state index in [2.05, 4.69) is 29.2 Å². The fourth-order valence-electron chi connectivity index (χ4n) is 3.76. The van der Waals surface area contributed by atoms with Gasteiger partial charge in [0.1, 0.15) is 0 Å². The maximum atomic E-state index is 4.84. The van der Waals surface area contributed by atoms with Gasteiger partial charge in [-0.15, -0.1) is 0 Å². The molecule has 19 heavy (non-hydrogen) atoms. The van der Waals surface area contributed by atoms with Crippen LogP contribution in [0, 0.1) is 11.8 Å². The first-order chi connectivity index (χ1) is 9.31. The van der Waals surface area contributed by atoms with Crippen molar-refractivity contribution in [1.82, 2.24) is 15.1 Å². The zero-order valence-corrected chi connectivity index (χ0v) is 12.1. The van der Waals surface area contributed by atoms with Crippen LogP contribution in [0.2, 0.25) is 0 Å². The Morgan fingerprint density at radius 1 is 1.26 bits per heavy atom. The van der Waals surface area contributed by atoms with Crippen molar-refractivity contribution in [1.29, 1.82) is 0 Å². The minimum absolute atomic E-state index is 0.672. The molecule has 1 saturated carbocycles. The van der Waals surface area contributed by atoms with E-state index in [1.165, 1.54) is 57.3 Å². The summed E-state index contributed by atoms with van der Waals surface area (Å²) in [7, 11) is 0. The highest BCUT2D eigenvalue weighted by Crippen LogP contribution is 2.28. The fraction of sp³-hybridized carbons (Fsp3) is 0.812. The van der Waals surface area contributed by atoms with Crippen LogP contribution in [0.1, 0.15) is 57.2 Å². The SMILES string of the molecule is CC1CNCC(Cc2ccn(C3CCCCC3)n2)C1. The van der Waals surface area contributed by atoms with E-state index in [1.54, 1.807) is 0 Å². The first kappa shape index (κ1) is 13.2. The molecule has 1 aromatic rings. The van der Waals surface area contributed by atoms with Gasteiger partial charge in [0.05, 0.1) is 11.7 Å². The highest BCUT2D eigenvalue weighted by atomic mass is 15.3. The highest BCUT2D eigenvalue weighted by molar-refractivity contribution is 5.02. The number of nitrogens with zero attached hydrogens (tertiary/aromatic N) is 2. The third kappa shape index (κ3) is 3.38. The van der Waals surface area contributed by atoms with Gasteiger partial charge in [0.25, 0.3) is 0 Å². The van der Waals surface area contributed by atoms with Gasteiger partial charge in [-0.2, -0.15) is 5.10 Å². The van der Waals surface area contributed by atoms with E-state index in [4.69, 9.17) is 5.10 Å². The predicted octanol–water partition coefficient (Wildman–Crippen LogP) is 3.18. The molecule has 2 atom stereocenters. The first-order valence-electron chi connectivity index (χ1n) is 8.06. The Kier molecular flexibility index (Phi) is 4.21. The molecule has 2 fully saturated rings. The van der Waals surface area contributed by atoms with Crippen LogP contribution in [0.15, 0.2) is 12.3 Å². The number of rotatable bonds is 3. The second-order valence-electron chi connectivity index (χ2n) is 6.65. The van der Waals surface area contributed by atoms with Crippen molar-refractivity contribution >= 4 is 0 Å². The Morgan fingerprint density at radius 2 is 2.11 bits per heavy atom. The van der Waals surface area contributed by atoms with Gasteiger partial charge < -0.3 is 5.32 Å². The molecule has 3 heteroatoms. The molecule has 1 aliphatic heterocycles. The van der Waals surface area contributed by atoms with E-state index in [9.17, 15) is 0 Å². The molecule has 2 heterocycles. The molecular formula is C16H27N3. The molecule has 0 spiro atoms. The van der Waals surface area contributed by atoms with Crippen LogP contribution in [0.25, 0.3) is 0 Å². The zero-order valence-electron chi connectivity index (χ0n) is 12.1. The van der Waals surface area contributed by atoms with E-state index in [0.717, 1.165) is 18.3 Å². The molecule has 1 aromatic heterocycles. The van der Waals surface area contributed by atoms with Crippen molar-refractivity contribution in [2.75, 3.05) is 13.1 Å². The lowest BCUT2D eigenvalue weighted by atomic mass is 9.89. The quantitative estimate of drug-likeness (QED) is 0.905. The molecule has 2 aliphatic rings. The van der Waals surface area contributed by atoms with Gasteiger partial charge in [0.15, 0.2) is 0 Å². The molecule has 1 N–H and O–H groups in total. The van der Waals surface area contributed by atoms with Gasteiger partial charge >= 0.3 is 0 Å². The minimum atomic E-state index is 0.672. The Hall–Kier alpha value is -0.830. The number of nitrogens with one attached hydrogen (secondary N) is 1. The Labute approximate surface area is 116 Å². The molecule has 3 nitrogen and oxygen atoms in total. The van der Waals surface area contributed by atoms with Crippen molar-refractivity contribution < 1.29 is 0 Å². The van der Waals surface area contributed by atoms with Crippen molar-refractivity contribution in [3.8, 4) is 0 Å². The summed E-state index contributed by atoms with van der Waals surface area (Å²) in [6.45, 7) is 4.70. The lowest BCUT2D eigenvalue weighted by Crippen LogP contribution is -2.36. The summed E-state index contributed by atoms with van der Waals surface area (Å²) in [6.07, 6.45) is 11.5. The molecule has 1 aliphatic carbocycles. The summed E-state index contributed by atoms with van der Waals surface area (Å²) in [5.41, 5.74) is 1.30. The molecule has 0 amide bonds. The average molecular weight is 261 g/mol. The average Bonchev–Trinajstić information content (AvgIpc) is 2.88. The standard InChI is InChI=1S/C16H27N3/c1-13-9-14(12-17-11-13)10-15-7-8-19(18-15)16-5-3-2-4-6-16/h7-8,13-14,16-17H,2-6,9-12H2,1H3. The highest BCUT2D eigenvalue weighted by Gasteiger charge is 2.21. The monoisotopic (exact) mass is 261 g/mol. The van der Waals surface area contributed by atoms with Crippen LogP contribution < -0.4 is 5.32 Å². The minimum Gasteiger partial charge on any atom is -0.316 e. The predicted molar refractivity (Wildman–Crippen MR) is 78.2 cm³/mol. The summed E-state index contributed by atoms with van der Waals surface area (Å²) in [5.74, 6) is 1.60. The summed E-state index contributed by atoms with van der Waals surface area (Å²) < 4.78 is 2.24. The van der Waals surface area contributed by atoms with E-state index in [0.29, 0.717) is 6.04 Å². The summed E-state index contributed by atoms with van der Waals surface area (Å²) in [4.78, 5) is 0. The third-order valence-corrected chi connectivity index (χ3v) is 4.77. The van der Waals surface area contributed by atoms with Crippen LogP contribution in [-0.4, -0.2) is 22.9 Å². The largest absolute Gasteiger partial charge is 0.316 e. The van der Waals surface area contributed by atoms with Crippen LogP contribution >= 0.6 is 0 Å². The third-order valence-electron chi connectivity index (χ3n) is 4.77. The van der Waals surface area contributed by atoms with Gasteiger partial charge in [-0.3, -0.25) is 4.68 Å². The summed E-state index contributed by atoms with van der Waals surface area (Å²) in [6, 6.07) is 2.92. The van der Waals surface area contributed by atoms with Gasteiger partial charge in [-0.1, -0.05) is 26.2 Å². The number of piperidine rings is 1. The molecule has 106 valence electrons. The van der Waals surface area contributed by atoms with E-state index >= 15 is 0 Å². The van der Waals surface area contributed by atoms with Crippen LogP contribution in [-0.2, 0) is 6.42 Å². The van der Waals surface area contributed by atoms with Crippen LogP contribution in [0.3, 0.4) is 0 Å². The maximum absolute atomic E-state index is 4.84. The molecule has 0 bridgehead atoms. The molecule has 3 rings (SSSR count). The molecule has 2 unspecified atom stereocenters. The van der Waals surface area contributed by atoms with Gasteiger partial charge in [0.2, 0.25) is 0 Å². The lowest BCUT2D eigenvalue weighted by molar-refractivity contribution is 0.296. The van der Waals surface area contributed by atoms with Gasteiger partial charge in [-0.25, -0.2) is 0 Å².